The van der Waals surface area contributed by atoms with Crippen molar-refractivity contribution in [3.8, 4) is 0 Å². The van der Waals surface area contributed by atoms with Crippen molar-refractivity contribution in [2.75, 3.05) is 7.11 Å². The van der Waals surface area contributed by atoms with Gasteiger partial charge in [0.25, 0.3) is 0 Å². The summed E-state index contributed by atoms with van der Waals surface area (Å²) >= 11 is 0. The third-order valence-corrected chi connectivity index (χ3v) is 2.90. The summed E-state index contributed by atoms with van der Waals surface area (Å²) in [5, 5.41) is 1.14. The molecule has 17 heavy (non-hydrogen) atoms. The number of benzene rings is 1. The van der Waals surface area contributed by atoms with E-state index in [1.165, 1.54) is 12.6 Å². The van der Waals surface area contributed by atoms with Crippen molar-refractivity contribution in [1.82, 2.24) is 4.57 Å². The Hall–Kier alpha value is -1.77. The van der Waals surface area contributed by atoms with E-state index in [0.29, 0.717) is 6.42 Å². The van der Waals surface area contributed by atoms with Crippen molar-refractivity contribution in [2.24, 2.45) is 0 Å². The molecule has 0 saturated carbocycles. The molecular formula is C14H17NO2. The summed E-state index contributed by atoms with van der Waals surface area (Å²) in [5.41, 5.74) is 2.23. The molecule has 3 nitrogen and oxygen atoms in total. The SMILES string of the molecule is CCCn1cc(CC(=O)OC)c2ccccc21. The molecule has 0 fully saturated rings. The number of carbonyl (C=O) groups excluding carboxylic acids is 1. The lowest BCUT2D eigenvalue weighted by Crippen LogP contribution is -2.03. The molecular weight excluding hydrogens is 214 g/mol. The van der Waals surface area contributed by atoms with Gasteiger partial charge in [-0.25, -0.2) is 0 Å². The largest absolute Gasteiger partial charge is 0.469 e. The minimum Gasteiger partial charge on any atom is -0.469 e. The quantitative estimate of drug-likeness (QED) is 0.758. The number of hydrogen-bond donors (Lipinski definition) is 0. The zero-order valence-electron chi connectivity index (χ0n) is 10.3. The summed E-state index contributed by atoms with van der Waals surface area (Å²) in [5.74, 6) is -0.190. The number of nitrogens with zero attached hydrogens (tertiary/aromatic N) is 1. The number of hydrogen-bond acceptors (Lipinski definition) is 2. The van der Waals surface area contributed by atoms with Gasteiger partial charge < -0.3 is 9.30 Å². The zero-order valence-corrected chi connectivity index (χ0v) is 10.3. The van der Waals surface area contributed by atoms with Gasteiger partial charge in [0.05, 0.1) is 13.5 Å². The maximum atomic E-state index is 11.4. The maximum Gasteiger partial charge on any atom is 0.310 e. The summed E-state index contributed by atoms with van der Waals surface area (Å²) < 4.78 is 6.93. The number of methoxy groups -OCH3 is 1. The van der Waals surface area contributed by atoms with Crippen LogP contribution < -0.4 is 0 Å². The van der Waals surface area contributed by atoms with Crippen molar-refractivity contribution in [3.05, 3.63) is 36.0 Å². The Balaban J connectivity index is 2.44. The molecule has 0 spiro atoms. The first-order valence-corrected chi connectivity index (χ1v) is 5.89. The molecule has 2 rings (SSSR count). The number of carbonyl (C=O) groups is 1. The molecule has 0 bridgehead atoms. The Bertz CT molecular complexity index is 528. The van der Waals surface area contributed by atoms with E-state index in [-0.39, 0.29) is 5.97 Å². The molecule has 0 aliphatic rings. The second kappa shape index (κ2) is 5.04. The van der Waals surface area contributed by atoms with E-state index in [0.717, 1.165) is 23.9 Å². The zero-order chi connectivity index (χ0) is 12.3. The van der Waals surface area contributed by atoms with Crippen molar-refractivity contribution in [3.63, 3.8) is 0 Å². The van der Waals surface area contributed by atoms with E-state index in [4.69, 9.17) is 4.74 Å². The van der Waals surface area contributed by atoms with Crippen molar-refractivity contribution in [1.29, 1.82) is 0 Å². The molecule has 0 atom stereocenters. The van der Waals surface area contributed by atoms with E-state index in [2.05, 4.69) is 29.8 Å². The van der Waals surface area contributed by atoms with Crippen LogP contribution in [0, 0.1) is 0 Å². The molecule has 3 heteroatoms. The fourth-order valence-electron chi connectivity index (χ4n) is 2.12. The van der Waals surface area contributed by atoms with Gasteiger partial charge in [-0.1, -0.05) is 25.1 Å². The third-order valence-electron chi connectivity index (χ3n) is 2.90. The second-order valence-electron chi connectivity index (χ2n) is 4.12. The second-order valence-corrected chi connectivity index (χ2v) is 4.12. The minimum atomic E-state index is -0.190. The standard InChI is InChI=1S/C14H17NO2/c1-3-8-15-10-11(9-14(16)17-2)12-6-4-5-7-13(12)15/h4-7,10H,3,8-9H2,1-2H3. The normalized spacial score (nSPS) is 10.7. The van der Waals surface area contributed by atoms with E-state index in [1.807, 2.05) is 12.1 Å². The first-order valence-electron chi connectivity index (χ1n) is 5.89. The van der Waals surface area contributed by atoms with Crippen molar-refractivity contribution >= 4 is 16.9 Å². The number of fused-ring (bicyclic) bond motifs is 1. The topological polar surface area (TPSA) is 31.2 Å². The Morgan fingerprint density at radius 1 is 1.35 bits per heavy atom. The van der Waals surface area contributed by atoms with E-state index in [9.17, 15) is 4.79 Å². The summed E-state index contributed by atoms with van der Waals surface area (Å²) in [4.78, 5) is 11.4. The molecule has 0 saturated heterocycles. The minimum absolute atomic E-state index is 0.190. The number of rotatable bonds is 4. The highest BCUT2D eigenvalue weighted by Crippen LogP contribution is 2.22. The molecule has 0 unspecified atom stereocenters. The van der Waals surface area contributed by atoms with Gasteiger partial charge in [-0.3, -0.25) is 4.79 Å². The van der Waals surface area contributed by atoms with E-state index in [1.54, 1.807) is 0 Å². The Labute approximate surface area is 101 Å². The van der Waals surface area contributed by atoms with Crippen LogP contribution in [-0.2, 0) is 22.5 Å². The van der Waals surface area contributed by atoms with Crippen LogP contribution in [-0.4, -0.2) is 17.6 Å². The van der Waals surface area contributed by atoms with E-state index >= 15 is 0 Å². The van der Waals surface area contributed by atoms with Crippen LogP contribution in [0.1, 0.15) is 18.9 Å². The third kappa shape index (κ3) is 2.33. The molecule has 1 heterocycles. The molecule has 90 valence electrons. The molecule has 2 aromatic rings. The predicted octanol–water partition coefficient (Wildman–Crippen LogP) is 2.77. The fraction of sp³-hybridized carbons (Fsp3) is 0.357. The van der Waals surface area contributed by atoms with Crippen LogP contribution in [0.5, 0.6) is 0 Å². The first-order chi connectivity index (χ1) is 8.26. The van der Waals surface area contributed by atoms with Crippen LogP contribution in [0.2, 0.25) is 0 Å². The Kier molecular flexibility index (Phi) is 3.47. The average Bonchev–Trinajstić information content (AvgIpc) is 2.69. The average molecular weight is 231 g/mol. The molecule has 1 aromatic heterocycles. The maximum absolute atomic E-state index is 11.4. The number of aryl methyl sites for hydroxylation is 1. The van der Waals surface area contributed by atoms with Gasteiger partial charge in [-0.2, -0.15) is 0 Å². The molecule has 0 aliphatic carbocycles. The summed E-state index contributed by atoms with van der Waals surface area (Å²) in [7, 11) is 1.42. The van der Waals surface area contributed by atoms with Crippen molar-refractivity contribution < 1.29 is 9.53 Å². The van der Waals surface area contributed by atoms with Gasteiger partial charge in [0.2, 0.25) is 0 Å². The lowest BCUT2D eigenvalue weighted by atomic mass is 10.1. The number of esters is 1. The van der Waals surface area contributed by atoms with Gasteiger partial charge >= 0.3 is 5.97 Å². The molecule has 0 N–H and O–H groups in total. The van der Waals surface area contributed by atoms with Gasteiger partial charge in [0, 0.05) is 23.6 Å². The summed E-state index contributed by atoms with van der Waals surface area (Å²) in [6.07, 6.45) is 3.48. The predicted molar refractivity (Wildman–Crippen MR) is 67.9 cm³/mol. The number of ether oxygens (including phenoxy) is 1. The lowest BCUT2D eigenvalue weighted by molar-refractivity contribution is -0.139. The van der Waals surface area contributed by atoms with Gasteiger partial charge in [-0.15, -0.1) is 0 Å². The number of para-hydroxylation sites is 1. The smallest absolute Gasteiger partial charge is 0.310 e. The number of aromatic nitrogens is 1. The molecule has 0 radical (unpaired) electrons. The van der Waals surface area contributed by atoms with Crippen LogP contribution >= 0.6 is 0 Å². The highest BCUT2D eigenvalue weighted by atomic mass is 16.5. The highest BCUT2D eigenvalue weighted by Gasteiger charge is 2.11. The van der Waals surface area contributed by atoms with Crippen LogP contribution in [0.15, 0.2) is 30.5 Å². The summed E-state index contributed by atoms with van der Waals surface area (Å²) in [6.45, 7) is 3.12. The van der Waals surface area contributed by atoms with Crippen LogP contribution in [0.3, 0.4) is 0 Å². The van der Waals surface area contributed by atoms with Gasteiger partial charge in [-0.05, 0) is 18.1 Å². The lowest BCUT2D eigenvalue weighted by Gasteiger charge is -2.01. The summed E-state index contributed by atoms with van der Waals surface area (Å²) in [6, 6.07) is 8.17. The highest BCUT2D eigenvalue weighted by molar-refractivity contribution is 5.87. The van der Waals surface area contributed by atoms with Gasteiger partial charge in [0.15, 0.2) is 0 Å². The monoisotopic (exact) mass is 231 g/mol. The fourth-order valence-corrected chi connectivity index (χ4v) is 2.12. The Morgan fingerprint density at radius 3 is 2.82 bits per heavy atom. The van der Waals surface area contributed by atoms with Gasteiger partial charge in [0.1, 0.15) is 0 Å². The van der Waals surface area contributed by atoms with Crippen LogP contribution in [0.4, 0.5) is 0 Å². The van der Waals surface area contributed by atoms with Crippen LogP contribution in [0.25, 0.3) is 10.9 Å². The van der Waals surface area contributed by atoms with Crippen molar-refractivity contribution in [2.45, 2.75) is 26.3 Å². The Morgan fingerprint density at radius 2 is 2.12 bits per heavy atom. The molecule has 0 aliphatic heterocycles. The molecule has 1 aromatic carbocycles. The molecule has 0 amide bonds. The van der Waals surface area contributed by atoms with E-state index < -0.39 is 0 Å². The first kappa shape index (κ1) is 11.7.